The van der Waals surface area contributed by atoms with Crippen LogP contribution in [0.5, 0.6) is 0 Å². The van der Waals surface area contributed by atoms with E-state index in [2.05, 4.69) is 0 Å². The number of carbonyl (C=O) groups excluding carboxylic acids is 1. The van der Waals surface area contributed by atoms with Crippen LogP contribution >= 0.6 is 22.9 Å². The van der Waals surface area contributed by atoms with Crippen LogP contribution in [0.2, 0.25) is 0 Å². The molecule has 94 valence electrons. The van der Waals surface area contributed by atoms with Gasteiger partial charge in [0.2, 0.25) is 0 Å². The van der Waals surface area contributed by atoms with E-state index in [1.54, 1.807) is 16.2 Å². The summed E-state index contributed by atoms with van der Waals surface area (Å²) in [4.78, 5) is 15.1. The molecule has 0 spiro atoms. The van der Waals surface area contributed by atoms with Gasteiger partial charge < -0.3 is 4.90 Å². The van der Waals surface area contributed by atoms with Crippen LogP contribution in [0.1, 0.15) is 20.8 Å². The fourth-order valence-electron chi connectivity index (χ4n) is 1.66. The molecule has 0 aliphatic rings. The normalized spacial score (nSPS) is 10.3. The van der Waals surface area contributed by atoms with Crippen molar-refractivity contribution in [2.45, 2.75) is 12.4 Å². The van der Waals surface area contributed by atoms with Gasteiger partial charge in [0.25, 0.3) is 5.91 Å². The Morgan fingerprint density at radius 2 is 2.00 bits per heavy atom. The highest BCUT2D eigenvalue weighted by Crippen LogP contribution is 2.14. The monoisotopic (exact) mass is 279 g/mol. The molecule has 0 aliphatic heterocycles. The van der Waals surface area contributed by atoms with E-state index in [1.165, 1.54) is 4.88 Å². The van der Waals surface area contributed by atoms with Crippen LogP contribution in [-0.2, 0) is 12.4 Å². The standard InChI is InChI=1S/C14H14ClNOS/c1-16(10-13-3-2-8-18-13)14(17)12-6-4-11(9-15)5-7-12/h2-8H,9-10H2,1H3. The fraction of sp³-hybridized carbons (Fsp3) is 0.214. The molecule has 0 bridgehead atoms. The molecular formula is C14H14ClNOS. The van der Waals surface area contributed by atoms with Crippen LogP contribution < -0.4 is 0 Å². The van der Waals surface area contributed by atoms with Crippen molar-refractivity contribution in [1.29, 1.82) is 0 Å². The molecule has 0 saturated heterocycles. The van der Waals surface area contributed by atoms with Crippen LogP contribution in [0.3, 0.4) is 0 Å². The van der Waals surface area contributed by atoms with Crippen LogP contribution in [0.25, 0.3) is 0 Å². The van der Waals surface area contributed by atoms with Crippen molar-refractivity contribution >= 4 is 28.8 Å². The lowest BCUT2D eigenvalue weighted by atomic mass is 10.1. The number of carbonyl (C=O) groups is 1. The number of thiophene rings is 1. The van der Waals surface area contributed by atoms with E-state index >= 15 is 0 Å². The van der Waals surface area contributed by atoms with E-state index in [9.17, 15) is 4.79 Å². The summed E-state index contributed by atoms with van der Waals surface area (Å²) in [6.07, 6.45) is 0. The zero-order chi connectivity index (χ0) is 13.0. The second kappa shape index (κ2) is 6.03. The first-order valence-corrected chi connectivity index (χ1v) is 7.05. The Balaban J connectivity index is 2.05. The Morgan fingerprint density at radius 3 is 2.56 bits per heavy atom. The van der Waals surface area contributed by atoms with Crippen LogP contribution in [0.4, 0.5) is 0 Å². The lowest BCUT2D eigenvalue weighted by Crippen LogP contribution is -2.25. The quantitative estimate of drug-likeness (QED) is 0.781. The minimum Gasteiger partial charge on any atom is -0.337 e. The summed E-state index contributed by atoms with van der Waals surface area (Å²) in [6.45, 7) is 0.647. The second-order valence-corrected chi connectivity index (χ2v) is 5.37. The van der Waals surface area contributed by atoms with Gasteiger partial charge in [-0.2, -0.15) is 0 Å². The molecule has 1 heterocycles. The molecule has 2 rings (SSSR count). The van der Waals surface area contributed by atoms with Gasteiger partial charge in [-0.25, -0.2) is 0 Å². The highest BCUT2D eigenvalue weighted by Gasteiger charge is 2.12. The molecule has 0 fully saturated rings. The lowest BCUT2D eigenvalue weighted by Gasteiger charge is -2.16. The van der Waals surface area contributed by atoms with E-state index in [0.717, 1.165) is 5.56 Å². The summed E-state index contributed by atoms with van der Waals surface area (Å²) in [6, 6.07) is 11.5. The maximum Gasteiger partial charge on any atom is 0.253 e. The molecule has 1 amide bonds. The molecular weight excluding hydrogens is 266 g/mol. The maximum absolute atomic E-state index is 12.2. The van der Waals surface area contributed by atoms with Crippen molar-refractivity contribution in [2.24, 2.45) is 0 Å². The van der Waals surface area contributed by atoms with Gasteiger partial charge in [-0.15, -0.1) is 22.9 Å². The number of nitrogens with zero attached hydrogens (tertiary/aromatic N) is 1. The third-order valence-electron chi connectivity index (χ3n) is 2.67. The van der Waals surface area contributed by atoms with Gasteiger partial charge in [0.15, 0.2) is 0 Å². The van der Waals surface area contributed by atoms with Crippen molar-refractivity contribution in [3.05, 3.63) is 57.8 Å². The number of rotatable bonds is 4. The molecule has 18 heavy (non-hydrogen) atoms. The van der Waals surface area contributed by atoms with E-state index in [-0.39, 0.29) is 5.91 Å². The number of hydrogen-bond acceptors (Lipinski definition) is 2. The fourth-order valence-corrected chi connectivity index (χ4v) is 2.60. The van der Waals surface area contributed by atoms with Gasteiger partial charge in [0, 0.05) is 23.4 Å². The smallest absolute Gasteiger partial charge is 0.253 e. The highest BCUT2D eigenvalue weighted by atomic mass is 35.5. The van der Waals surface area contributed by atoms with Gasteiger partial charge in [-0.3, -0.25) is 4.79 Å². The van der Waals surface area contributed by atoms with Crippen molar-refractivity contribution in [1.82, 2.24) is 4.90 Å². The molecule has 2 aromatic rings. The predicted octanol–water partition coefficient (Wildman–Crippen LogP) is 3.76. The van der Waals surface area contributed by atoms with E-state index in [4.69, 9.17) is 11.6 Å². The van der Waals surface area contributed by atoms with E-state index in [1.807, 2.05) is 48.8 Å². The van der Waals surface area contributed by atoms with E-state index in [0.29, 0.717) is 18.0 Å². The van der Waals surface area contributed by atoms with E-state index < -0.39 is 0 Å². The third-order valence-corrected chi connectivity index (χ3v) is 3.84. The minimum absolute atomic E-state index is 0.0320. The van der Waals surface area contributed by atoms with Gasteiger partial charge in [-0.1, -0.05) is 18.2 Å². The Labute approximate surface area is 116 Å². The Morgan fingerprint density at radius 1 is 1.28 bits per heavy atom. The minimum atomic E-state index is 0.0320. The first kappa shape index (κ1) is 13.1. The number of hydrogen-bond donors (Lipinski definition) is 0. The molecule has 0 saturated carbocycles. The lowest BCUT2D eigenvalue weighted by molar-refractivity contribution is 0.0786. The number of halogens is 1. The molecule has 2 nitrogen and oxygen atoms in total. The molecule has 1 aromatic heterocycles. The molecule has 0 N–H and O–H groups in total. The van der Waals surface area contributed by atoms with Gasteiger partial charge in [0.1, 0.15) is 0 Å². The highest BCUT2D eigenvalue weighted by molar-refractivity contribution is 7.09. The van der Waals surface area contributed by atoms with Gasteiger partial charge >= 0.3 is 0 Å². The molecule has 1 aromatic carbocycles. The second-order valence-electron chi connectivity index (χ2n) is 4.07. The van der Waals surface area contributed by atoms with Crippen molar-refractivity contribution < 1.29 is 4.79 Å². The summed E-state index contributed by atoms with van der Waals surface area (Å²) in [5.74, 6) is 0.504. The van der Waals surface area contributed by atoms with Crippen LogP contribution in [0.15, 0.2) is 41.8 Å². The Hall–Kier alpha value is -1.32. The van der Waals surface area contributed by atoms with Crippen LogP contribution in [0, 0.1) is 0 Å². The van der Waals surface area contributed by atoms with Crippen molar-refractivity contribution in [3.63, 3.8) is 0 Å². The average Bonchev–Trinajstić information content (AvgIpc) is 2.91. The average molecular weight is 280 g/mol. The SMILES string of the molecule is CN(Cc1cccs1)C(=O)c1ccc(CCl)cc1. The zero-order valence-corrected chi connectivity index (χ0v) is 11.7. The maximum atomic E-state index is 12.2. The van der Waals surface area contributed by atoms with Gasteiger partial charge in [0.05, 0.1) is 6.54 Å². The molecule has 0 aliphatic carbocycles. The summed E-state index contributed by atoms with van der Waals surface area (Å²) in [5, 5.41) is 2.02. The summed E-state index contributed by atoms with van der Waals surface area (Å²) < 4.78 is 0. The third kappa shape index (κ3) is 3.12. The number of benzene rings is 1. The van der Waals surface area contributed by atoms with Crippen LogP contribution in [-0.4, -0.2) is 17.9 Å². The number of amides is 1. The summed E-state index contributed by atoms with van der Waals surface area (Å²) in [5.41, 5.74) is 1.72. The largest absolute Gasteiger partial charge is 0.337 e. The Kier molecular flexibility index (Phi) is 4.39. The predicted molar refractivity (Wildman–Crippen MR) is 76.1 cm³/mol. The molecule has 0 radical (unpaired) electrons. The first-order valence-electron chi connectivity index (χ1n) is 5.63. The zero-order valence-electron chi connectivity index (χ0n) is 10.1. The molecule has 4 heteroatoms. The topological polar surface area (TPSA) is 20.3 Å². The Bertz CT molecular complexity index is 507. The summed E-state index contributed by atoms with van der Waals surface area (Å²) >= 11 is 7.38. The molecule has 0 atom stereocenters. The van der Waals surface area contributed by atoms with Gasteiger partial charge in [-0.05, 0) is 29.1 Å². The van der Waals surface area contributed by atoms with Crippen molar-refractivity contribution in [3.8, 4) is 0 Å². The molecule has 0 unspecified atom stereocenters. The summed E-state index contributed by atoms with van der Waals surface area (Å²) in [7, 11) is 1.82. The number of alkyl halides is 1. The van der Waals surface area contributed by atoms with Crippen molar-refractivity contribution in [2.75, 3.05) is 7.05 Å². The first-order chi connectivity index (χ1) is 8.70.